The molecule has 1 aromatic rings. The van der Waals surface area contributed by atoms with Crippen molar-refractivity contribution < 1.29 is 9.15 Å². The highest BCUT2D eigenvalue weighted by Crippen LogP contribution is 2.25. The predicted molar refractivity (Wildman–Crippen MR) is 41.5 cm³/mol. The quantitative estimate of drug-likeness (QED) is 0.615. The normalized spacial score (nSPS) is 25.3. The lowest BCUT2D eigenvalue weighted by molar-refractivity contribution is 0.0742. The molecule has 0 radical (unpaired) electrons. The maximum absolute atomic E-state index is 5.35. The molecule has 1 aliphatic rings. The van der Waals surface area contributed by atoms with Gasteiger partial charge >= 0.3 is 0 Å². The first-order valence-electron chi connectivity index (χ1n) is 4.08. The van der Waals surface area contributed by atoms with Gasteiger partial charge in [0.15, 0.2) is 0 Å². The van der Waals surface area contributed by atoms with E-state index in [1.165, 1.54) is 6.42 Å². The first kappa shape index (κ1) is 6.92. The molecule has 2 rings (SSSR count). The Morgan fingerprint density at radius 1 is 1.45 bits per heavy atom. The van der Waals surface area contributed by atoms with Crippen LogP contribution in [0.1, 0.15) is 24.5 Å². The van der Waals surface area contributed by atoms with E-state index >= 15 is 0 Å². The Labute approximate surface area is 66.2 Å². The summed E-state index contributed by atoms with van der Waals surface area (Å²) in [6, 6.07) is 3.96. The molecule has 11 heavy (non-hydrogen) atoms. The standard InChI is InChI=1S/C9H12O2/c1-3-8(7-10-5-1)9-4-2-6-11-9/h2,4,6,8H,1,3,5,7H2. The molecule has 1 aliphatic heterocycles. The molecule has 60 valence electrons. The van der Waals surface area contributed by atoms with Crippen molar-refractivity contribution in [2.75, 3.05) is 13.2 Å². The fourth-order valence-corrected chi connectivity index (χ4v) is 1.49. The van der Waals surface area contributed by atoms with E-state index in [2.05, 4.69) is 0 Å². The topological polar surface area (TPSA) is 22.4 Å². The van der Waals surface area contributed by atoms with Crippen molar-refractivity contribution in [2.24, 2.45) is 0 Å². The van der Waals surface area contributed by atoms with E-state index in [0.29, 0.717) is 5.92 Å². The lowest BCUT2D eigenvalue weighted by atomic mass is 10.00. The molecule has 2 heteroatoms. The van der Waals surface area contributed by atoms with Gasteiger partial charge in [-0.3, -0.25) is 0 Å². The van der Waals surface area contributed by atoms with Crippen LogP contribution in [0.2, 0.25) is 0 Å². The summed E-state index contributed by atoms with van der Waals surface area (Å²) in [7, 11) is 0. The van der Waals surface area contributed by atoms with Crippen molar-refractivity contribution in [1.82, 2.24) is 0 Å². The van der Waals surface area contributed by atoms with Crippen LogP contribution >= 0.6 is 0 Å². The van der Waals surface area contributed by atoms with Crippen LogP contribution in [0.25, 0.3) is 0 Å². The molecule has 2 heterocycles. The summed E-state index contributed by atoms with van der Waals surface area (Å²) in [5.41, 5.74) is 0. The van der Waals surface area contributed by atoms with Gasteiger partial charge in [0.2, 0.25) is 0 Å². The lowest BCUT2D eigenvalue weighted by Gasteiger charge is -2.19. The molecule has 1 saturated heterocycles. The Balaban J connectivity index is 2.04. The summed E-state index contributed by atoms with van der Waals surface area (Å²) < 4.78 is 10.6. The minimum atomic E-state index is 0.499. The average Bonchev–Trinajstić information content (AvgIpc) is 2.58. The second-order valence-corrected chi connectivity index (χ2v) is 2.93. The SMILES string of the molecule is c1coc(C2CCCOC2)c1. The van der Waals surface area contributed by atoms with Crippen LogP contribution in [-0.2, 0) is 4.74 Å². The summed E-state index contributed by atoms with van der Waals surface area (Å²) in [5, 5.41) is 0. The van der Waals surface area contributed by atoms with Gasteiger partial charge in [-0.05, 0) is 25.0 Å². The van der Waals surface area contributed by atoms with Crippen LogP contribution in [-0.4, -0.2) is 13.2 Å². The Morgan fingerprint density at radius 2 is 2.45 bits per heavy atom. The minimum absolute atomic E-state index is 0.499. The molecule has 1 atom stereocenters. The average molecular weight is 152 g/mol. The van der Waals surface area contributed by atoms with Gasteiger partial charge in [0.05, 0.1) is 12.9 Å². The smallest absolute Gasteiger partial charge is 0.109 e. The fraction of sp³-hybridized carbons (Fsp3) is 0.556. The first-order chi connectivity index (χ1) is 5.47. The molecule has 1 fully saturated rings. The van der Waals surface area contributed by atoms with Crippen molar-refractivity contribution in [3.8, 4) is 0 Å². The second-order valence-electron chi connectivity index (χ2n) is 2.93. The van der Waals surface area contributed by atoms with Crippen LogP contribution in [0, 0.1) is 0 Å². The maximum atomic E-state index is 5.35. The van der Waals surface area contributed by atoms with E-state index in [0.717, 1.165) is 25.4 Å². The van der Waals surface area contributed by atoms with Gasteiger partial charge in [0, 0.05) is 12.5 Å². The molecule has 1 unspecified atom stereocenters. The lowest BCUT2D eigenvalue weighted by Crippen LogP contribution is -2.14. The van der Waals surface area contributed by atoms with E-state index in [1.54, 1.807) is 6.26 Å². The highest BCUT2D eigenvalue weighted by atomic mass is 16.5. The Kier molecular flexibility index (Phi) is 1.95. The van der Waals surface area contributed by atoms with E-state index < -0.39 is 0 Å². The van der Waals surface area contributed by atoms with E-state index in [4.69, 9.17) is 9.15 Å². The number of hydrogen-bond acceptors (Lipinski definition) is 2. The Hall–Kier alpha value is -0.760. The van der Waals surface area contributed by atoms with Gasteiger partial charge in [-0.25, -0.2) is 0 Å². The molecule has 0 aliphatic carbocycles. The van der Waals surface area contributed by atoms with Crippen LogP contribution in [0.3, 0.4) is 0 Å². The van der Waals surface area contributed by atoms with E-state index in [1.807, 2.05) is 12.1 Å². The highest BCUT2D eigenvalue weighted by Gasteiger charge is 2.17. The summed E-state index contributed by atoms with van der Waals surface area (Å²) in [6.45, 7) is 1.74. The van der Waals surface area contributed by atoms with Gasteiger partial charge in [-0.2, -0.15) is 0 Å². The van der Waals surface area contributed by atoms with Gasteiger partial charge in [0.25, 0.3) is 0 Å². The maximum Gasteiger partial charge on any atom is 0.109 e. The van der Waals surface area contributed by atoms with Gasteiger partial charge in [-0.1, -0.05) is 0 Å². The largest absolute Gasteiger partial charge is 0.469 e. The number of furan rings is 1. The van der Waals surface area contributed by atoms with Crippen LogP contribution in [0.15, 0.2) is 22.8 Å². The number of ether oxygens (including phenoxy) is 1. The Bertz CT molecular complexity index is 197. The third kappa shape index (κ3) is 1.46. The van der Waals surface area contributed by atoms with Crippen LogP contribution < -0.4 is 0 Å². The zero-order chi connectivity index (χ0) is 7.52. The summed E-state index contributed by atoms with van der Waals surface area (Å²) in [4.78, 5) is 0. The van der Waals surface area contributed by atoms with Gasteiger partial charge in [0.1, 0.15) is 5.76 Å². The third-order valence-corrected chi connectivity index (χ3v) is 2.11. The first-order valence-corrected chi connectivity index (χ1v) is 4.08. The number of rotatable bonds is 1. The van der Waals surface area contributed by atoms with Crippen molar-refractivity contribution in [3.05, 3.63) is 24.2 Å². The number of hydrogen-bond donors (Lipinski definition) is 0. The Morgan fingerprint density at radius 3 is 3.09 bits per heavy atom. The molecule has 2 nitrogen and oxygen atoms in total. The molecule has 0 spiro atoms. The van der Waals surface area contributed by atoms with Gasteiger partial charge in [-0.15, -0.1) is 0 Å². The molecule has 0 saturated carbocycles. The third-order valence-electron chi connectivity index (χ3n) is 2.11. The molecule has 0 N–H and O–H groups in total. The summed E-state index contributed by atoms with van der Waals surface area (Å²) in [6.07, 6.45) is 4.09. The summed E-state index contributed by atoms with van der Waals surface area (Å²) in [5.74, 6) is 1.57. The predicted octanol–water partition coefficient (Wildman–Crippen LogP) is 2.17. The van der Waals surface area contributed by atoms with E-state index in [-0.39, 0.29) is 0 Å². The molecular weight excluding hydrogens is 140 g/mol. The fourth-order valence-electron chi connectivity index (χ4n) is 1.49. The molecule has 0 aromatic carbocycles. The second kappa shape index (κ2) is 3.09. The van der Waals surface area contributed by atoms with Crippen molar-refractivity contribution in [2.45, 2.75) is 18.8 Å². The van der Waals surface area contributed by atoms with Crippen molar-refractivity contribution in [1.29, 1.82) is 0 Å². The van der Waals surface area contributed by atoms with Crippen LogP contribution in [0.4, 0.5) is 0 Å². The van der Waals surface area contributed by atoms with Crippen LogP contribution in [0.5, 0.6) is 0 Å². The molecule has 1 aromatic heterocycles. The van der Waals surface area contributed by atoms with Gasteiger partial charge < -0.3 is 9.15 Å². The minimum Gasteiger partial charge on any atom is -0.469 e. The highest BCUT2D eigenvalue weighted by molar-refractivity contribution is 5.05. The zero-order valence-electron chi connectivity index (χ0n) is 6.45. The zero-order valence-corrected chi connectivity index (χ0v) is 6.45. The van der Waals surface area contributed by atoms with Crippen molar-refractivity contribution >= 4 is 0 Å². The monoisotopic (exact) mass is 152 g/mol. The molecule has 0 amide bonds. The van der Waals surface area contributed by atoms with E-state index in [9.17, 15) is 0 Å². The molecule has 0 bridgehead atoms. The summed E-state index contributed by atoms with van der Waals surface area (Å²) >= 11 is 0. The molecular formula is C9H12O2. The van der Waals surface area contributed by atoms with Crippen molar-refractivity contribution in [3.63, 3.8) is 0 Å².